The highest BCUT2D eigenvalue weighted by atomic mass is 32.2. The summed E-state index contributed by atoms with van der Waals surface area (Å²) < 4.78 is 26.9. The van der Waals surface area contributed by atoms with E-state index >= 15 is 0 Å². The van der Waals surface area contributed by atoms with Crippen LogP contribution in [0.5, 0.6) is 0 Å². The van der Waals surface area contributed by atoms with Gasteiger partial charge >= 0.3 is 0 Å². The maximum Gasteiger partial charge on any atom is 0.255 e. The molecule has 0 atom stereocenters. The van der Waals surface area contributed by atoms with E-state index in [9.17, 15) is 18.0 Å². The molecule has 1 aromatic carbocycles. The highest BCUT2D eigenvalue weighted by Crippen LogP contribution is 2.19. The number of anilines is 1. The zero-order chi connectivity index (χ0) is 19.4. The second-order valence-corrected chi connectivity index (χ2v) is 8.07. The van der Waals surface area contributed by atoms with Crippen molar-refractivity contribution in [2.45, 2.75) is 11.8 Å². The van der Waals surface area contributed by atoms with Gasteiger partial charge in [0.15, 0.2) is 0 Å². The molecule has 3 rings (SSSR count). The molecule has 0 bridgehead atoms. The van der Waals surface area contributed by atoms with Gasteiger partial charge in [0, 0.05) is 44.9 Å². The number of hydrogen-bond acceptors (Lipinski definition) is 5. The predicted molar refractivity (Wildman–Crippen MR) is 99.6 cm³/mol. The Balaban J connectivity index is 1.69. The van der Waals surface area contributed by atoms with Crippen LogP contribution in [0.4, 0.5) is 5.69 Å². The number of rotatable bonds is 4. The van der Waals surface area contributed by atoms with Crippen molar-refractivity contribution in [2.24, 2.45) is 0 Å². The molecular formula is C18H20N4O4S. The molecule has 2 aromatic rings. The molecule has 9 heteroatoms. The predicted octanol–water partition coefficient (Wildman–Crippen LogP) is 1.19. The Kier molecular flexibility index (Phi) is 5.52. The smallest absolute Gasteiger partial charge is 0.255 e. The van der Waals surface area contributed by atoms with Gasteiger partial charge in [0.25, 0.3) is 5.91 Å². The zero-order valence-corrected chi connectivity index (χ0v) is 15.6. The number of piperazine rings is 1. The van der Waals surface area contributed by atoms with E-state index in [0.717, 1.165) is 0 Å². The van der Waals surface area contributed by atoms with Crippen molar-refractivity contribution >= 4 is 27.5 Å². The van der Waals surface area contributed by atoms with Crippen LogP contribution in [0.1, 0.15) is 17.3 Å². The van der Waals surface area contributed by atoms with Crippen LogP contribution in [0.2, 0.25) is 0 Å². The van der Waals surface area contributed by atoms with E-state index < -0.39 is 10.0 Å². The van der Waals surface area contributed by atoms with Crippen molar-refractivity contribution < 1.29 is 18.0 Å². The number of carbonyl (C=O) groups is 2. The van der Waals surface area contributed by atoms with E-state index in [4.69, 9.17) is 0 Å². The first-order valence-corrected chi connectivity index (χ1v) is 9.89. The Labute approximate surface area is 157 Å². The first-order valence-electron chi connectivity index (χ1n) is 8.45. The van der Waals surface area contributed by atoms with E-state index in [0.29, 0.717) is 24.3 Å². The summed E-state index contributed by atoms with van der Waals surface area (Å²) in [6.45, 7) is 2.73. The number of hydrogen-bond donors (Lipinski definition) is 1. The third-order valence-electron chi connectivity index (χ3n) is 4.36. The van der Waals surface area contributed by atoms with Gasteiger partial charge in [-0.2, -0.15) is 4.31 Å². The molecule has 1 N–H and O–H groups in total. The molecule has 0 unspecified atom stereocenters. The normalized spacial score (nSPS) is 15.4. The lowest BCUT2D eigenvalue weighted by Gasteiger charge is -2.33. The molecule has 1 saturated heterocycles. The van der Waals surface area contributed by atoms with Crippen molar-refractivity contribution in [3.8, 4) is 0 Å². The van der Waals surface area contributed by atoms with E-state index in [1.54, 1.807) is 23.2 Å². The molecule has 1 aromatic heterocycles. The molecule has 1 aliphatic heterocycles. The molecule has 0 saturated carbocycles. The summed E-state index contributed by atoms with van der Waals surface area (Å²) in [7, 11) is -3.66. The van der Waals surface area contributed by atoms with Gasteiger partial charge in [-0.15, -0.1) is 0 Å². The van der Waals surface area contributed by atoms with Gasteiger partial charge in [0.2, 0.25) is 15.9 Å². The van der Waals surface area contributed by atoms with E-state index in [1.807, 2.05) is 0 Å². The fraction of sp³-hybridized carbons (Fsp3) is 0.278. The third kappa shape index (κ3) is 4.32. The summed E-state index contributed by atoms with van der Waals surface area (Å²) in [4.78, 5) is 29.3. The highest BCUT2D eigenvalue weighted by Gasteiger charge is 2.29. The number of nitrogens with one attached hydrogen (secondary N) is 1. The molecule has 1 aliphatic rings. The summed E-state index contributed by atoms with van der Waals surface area (Å²) >= 11 is 0. The average molecular weight is 388 g/mol. The highest BCUT2D eigenvalue weighted by molar-refractivity contribution is 7.89. The van der Waals surface area contributed by atoms with Crippen LogP contribution >= 0.6 is 0 Å². The van der Waals surface area contributed by atoms with Gasteiger partial charge in [-0.25, -0.2) is 8.42 Å². The number of nitrogens with zero attached hydrogens (tertiary/aromatic N) is 3. The fourth-order valence-corrected chi connectivity index (χ4v) is 4.23. The molecule has 8 nitrogen and oxygen atoms in total. The van der Waals surface area contributed by atoms with Gasteiger partial charge in [-0.1, -0.05) is 0 Å². The van der Waals surface area contributed by atoms with Crippen LogP contribution in [0.15, 0.2) is 53.7 Å². The van der Waals surface area contributed by atoms with E-state index in [2.05, 4.69) is 10.3 Å². The Morgan fingerprint density at radius 3 is 2.26 bits per heavy atom. The van der Waals surface area contributed by atoms with Gasteiger partial charge < -0.3 is 10.2 Å². The van der Waals surface area contributed by atoms with Crippen molar-refractivity contribution in [3.05, 3.63) is 54.4 Å². The van der Waals surface area contributed by atoms with Crippen LogP contribution in [0.3, 0.4) is 0 Å². The molecule has 27 heavy (non-hydrogen) atoms. The molecule has 1 fully saturated rings. The summed E-state index contributed by atoms with van der Waals surface area (Å²) in [5.41, 5.74) is 0.904. The summed E-state index contributed by atoms with van der Waals surface area (Å²) in [5.74, 6) is -0.405. The quantitative estimate of drug-likeness (QED) is 0.848. The first-order chi connectivity index (χ1) is 12.9. The minimum Gasteiger partial charge on any atom is -0.340 e. The molecule has 142 valence electrons. The van der Waals surface area contributed by atoms with Crippen LogP contribution in [-0.4, -0.2) is 60.6 Å². The maximum atomic E-state index is 12.7. The van der Waals surface area contributed by atoms with Crippen LogP contribution in [-0.2, 0) is 14.8 Å². The lowest BCUT2D eigenvalue weighted by Crippen LogP contribution is -2.49. The monoisotopic (exact) mass is 388 g/mol. The average Bonchev–Trinajstić information content (AvgIpc) is 2.69. The fourth-order valence-electron chi connectivity index (χ4n) is 2.81. The Bertz CT molecular complexity index is 922. The molecule has 2 heterocycles. The molecular weight excluding hydrogens is 368 g/mol. The van der Waals surface area contributed by atoms with Crippen molar-refractivity contribution in [2.75, 3.05) is 31.5 Å². The minimum atomic E-state index is -3.66. The number of aromatic nitrogens is 1. The summed E-state index contributed by atoms with van der Waals surface area (Å²) in [5, 5.41) is 2.70. The SMILES string of the molecule is CC(=O)N1CCN(S(=O)(=O)c2ccc(C(=O)Nc3cccnc3)cc2)CC1. The largest absolute Gasteiger partial charge is 0.340 e. The van der Waals surface area contributed by atoms with Gasteiger partial charge in [0.05, 0.1) is 16.8 Å². The third-order valence-corrected chi connectivity index (χ3v) is 6.27. The number of amides is 2. The maximum absolute atomic E-state index is 12.7. The summed E-state index contributed by atoms with van der Waals surface area (Å²) in [6.07, 6.45) is 3.13. The lowest BCUT2D eigenvalue weighted by atomic mass is 10.2. The lowest BCUT2D eigenvalue weighted by molar-refractivity contribution is -0.129. The minimum absolute atomic E-state index is 0.0592. The van der Waals surface area contributed by atoms with Crippen molar-refractivity contribution in [1.29, 1.82) is 0 Å². The standard InChI is InChI=1S/C18H20N4O4S/c1-14(23)21-9-11-22(12-10-21)27(25,26)17-6-4-15(5-7-17)18(24)20-16-3-2-8-19-13-16/h2-8,13H,9-12H2,1H3,(H,20,24). The molecule has 2 amide bonds. The number of benzene rings is 1. The van der Waals surface area contributed by atoms with Crippen molar-refractivity contribution in [1.82, 2.24) is 14.2 Å². The molecule has 0 aliphatic carbocycles. The van der Waals surface area contributed by atoms with Crippen molar-refractivity contribution in [3.63, 3.8) is 0 Å². The molecule has 0 spiro atoms. The summed E-state index contributed by atoms with van der Waals surface area (Å²) in [6, 6.07) is 9.21. The van der Waals surface area contributed by atoms with Gasteiger partial charge in [-0.3, -0.25) is 14.6 Å². The van der Waals surface area contributed by atoms with Crippen LogP contribution < -0.4 is 5.32 Å². The molecule has 0 radical (unpaired) electrons. The Morgan fingerprint density at radius 2 is 1.70 bits per heavy atom. The topological polar surface area (TPSA) is 99.7 Å². The van der Waals surface area contributed by atoms with Crippen LogP contribution in [0, 0.1) is 0 Å². The Hall–Kier alpha value is -2.78. The zero-order valence-electron chi connectivity index (χ0n) is 14.8. The second kappa shape index (κ2) is 7.85. The van der Waals surface area contributed by atoms with Gasteiger partial charge in [-0.05, 0) is 36.4 Å². The Morgan fingerprint density at radius 1 is 1.04 bits per heavy atom. The first kappa shape index (κ1) is 19.0. The van der Waals surface area contributed by atoms with Crippen LogP contribution in [0.25, 0.3) is 0 Å². The van der Waals surface area contributed by atoms with Gasteiger partial charge in [0.1, 0.15) is 0 Å². The number of carbonyl (C=O) groups excluding carboxylic acids is 2. The van der Waals surface area contributed by atoms with E-state index in [-0.39, 0.29) is 29.8 Å². The van der Waals surface area contributed by atoms with E-state index in [1.165, 1.54) is 41.7 Å². The second-order valence-electron chi connectivity index (χ2n) is 6.13. The number of pyridine rings is 1. The number of sulfonamides is 1.